The zero-order valence-corrected chi connectivity index (χ0v) is 8.64. The van der Waals surface area contributed by atoms with Crippen LogP contribution in [0.3, 0.4) is 0 Å². The molecule has 4 unspecified atom stereocenters. The minimum atomic E-state index is 0.237. The van der Waals surface area contributed by atoms with E-state index < -0.39 is 0 Å². The first kappa shape index (κ1) is 8.25. The van der Waals surface area contributed by atoms with Crippen molar-refractivity contribution in [3.8, 4) is 0 Å². The Morgan fingerprint density at radius 2 is 2.00 bits per heavy atom. The highest BCUT2D eigenvalue weighted by atomic mass is 16.7. The molecule has 2 fully saturated rings. The number of fused-ring (bicyclic) bond motifs is 6. The van der Waals surface area contributed by atoms with Crippen LogP contribution in [0.25, 0.3) is 0 Å². The molecule has 0 bridgehead atoms. The second-order valence-electron chi connectivity index (χ2n) is 4.57. The summed E-state index contributed by atoms with van der Waals surface area (Å²) in [6, 6.07) is 4.31. The van der Waals surface area contributed by atoms with Gasteiger partial charge in [-0.1, -0.05) is 19.4 Å². The number of epoxide rings is 2. The SMILES string of the molecule is CCCc1ccc2c(n1)C1OC1C1OC21. The first-order valence-corrected chi connectivity index (χ1v) is 5.69. The molecule has 15 heavy (non-hydrogen) atoms. The van der Waals surface area contributed by atoms with Crippen LogP contribution in [-0.4, -0.2) is 17.2 Å². The summed E-state index contributed by atoms with van der Waals surface area (Å²) < 4.78 is 11.2. The Morgan fingerprint density at radius 1 is 1.20 bits per heavy atom. The van der Waals surface area contributed by atoms with E-state index in [1.165, 1.54) is 11.3 Å². The van der Waals surface area contributed by atoms with E-state index in [0.29, 0.717) is 12.2 Å². The molecule has 3 nitrogen and oxygen atoms in total. The lowest BCUT2D eigenvalue weighted by atomic mass is 9.95. The average molecular weight is 203 g/mol. The minimum Gasteiger partial charge on any atom is -0.361 e. The van der Waals surface area contributed by atoms with Crippen LogP contribution in [0.1, 0.15) is 42.5 Å². The van der Waals surface area contributed by atoms with Crippen LogP contribution in [0.4, 0.5) is 0 Å². The van der Waals surface area contributed by atoms with Gasteiger partial charge in [0.1, 0.15) is 24.4 Å². The molecule has 4 atom stereocenters. The molecule has 3 aliphatic rings. The van der Waals surface area contributed by atoms with Gasteiger partial charge in [-0.25, -0.2) is 0 Å². The van der Waals surface area contributed by atoms with Crippen molar-refractivity contribution < 1.29 is 9.47 Å². The van der Waals surface area contributed by atoms with Gasteiger partial charge in [-0.05, 0) is 12.5 Å². The van der Waals surface area contributed by atoms with Gasteiger partial charge in [-0.2, -0.15) is 0 Å². The Labute approximate surface area is 88.4 Å². The van der Waals surface area contributed by atoms with E-state index in [1.807, 2.05) is 0 Å². The Hall–Kier alpha value is -0.930. The molecule has 0 saturated carbocycles. The molecule has 3 heterocycles. The lowest BCUT2D eigenvalue weighted by Gasteiger charge is -2.09. The van der Waals surface area contributed by atoms with Crippen LogP contribution >= 0.6 is 0 Å². The van der Waals surface area contributed by atoms with Crippen LogP contribution in [-0.2, 0) is 15.9 Å². The Balaban J connectivity index is 1.78. The van der Waals surface area contributed by atoms with E-state index >= 15 is 0 Å². The predicted molar refractivity (Wildman–Crippen MR) is 53.5 cm³/mol. The van der Waals surface area contributed by atoms with Gasteiger partial charge in [0.25, 0.3) is 0 Å². The molecular weight excluding hydrogens is 190 g/mol. The Morgan fingerprint density at radius 3 is 2.87 bits per heavy atom. The molecule has 0 N–H and O–H groups in total. The normalized spacial score (nSPS) is 39.0. The third-order valence-electron chi connectivity index (χ3n) is 3.47. The highest BCUT2D eigenvalue weighted by molar-refractivity contribution is 5.39. The number of rotatable bonds is 2. The summed E-state index contributed by atoms with van der Waals surface area (Å²) in [6.45, 7) is 2.18. The summed E-state index contributed by atoms with van der Waals surface area (Å²) in [7, 11) is 0. The number of hydrogen-bond acceptors (Lipinski definition) is 3. The predicted octanol–water partition coefficient (Wildman–Crippen LogP) is 1.93. The summed E-state index contributed by atoms with van der Waals surface area (Å²) in [6.07, 6.45) is 3.36. The molecule has 0 spiro atoms. The van der Waals surface area contributed by atoms with Crippen LogP contribution in [0.15, 0.2) is 12.1 Å². The van der Waals surface area contributed by atoms with Crippen LogP contribution in [0.5, 0.6) is 0 Å². The van der Waals surface area contributed by atoms with Crippen molar-refractivity contribution >= 4 is 0 Å². The lowest BCUT2D eigenvalue weighted by Crippen LogP contribution is -2.10. The molecule has 1 aromatic rings. The summed E-state index contributed by atoms with van der Waals surface area (Å²) in [5.74, 6) is 0. The first-order chi connectivity index (χ1) is 7.38. The fraction of sp³-hybridized carbons (Fsp3) is 0.583. The second-order valence-corrected chi connectivity index (χ2v) is 4.57. The highest BCUT2D eigenvalue weighted by Crippen LogP contribution is 2.59. The molecule has 1 aromatic heterocycles. The smallest absolute Gasteiger partial charge is 0.129 e. The molecule has 0 amide bonds. The van der Waals surface area contributed by atoms with Crippen LogP contribution < -0.4 is 0 Å². The molecule has 2 aliphatic heterocycles. The van der Waals surface area contributed by atoms with Crippen LogP contribution in [0, 0.1) is 0 Å². The molecule has 4 rings (SSSR count). The monoisotopic (exact) mass is 203 g/mol. The van der Waals surface area contributed by atoms with Gasteiger partial charge in [0.2, 0.25) is 0 Å². The van der Waals surface area contributed by atoms with Crippen molar-refractivity contribution in [1.29, 1.82) is 0 Å². The van der Waals surface area contributed by atoms with Crippen molar-refractivity contribution in [3.63, 3.8) is 0 Å². The van der Waals surface area contributed by atoms with Gasteiger partial charge in [-0.3, -0.25) is 4.98 Å². The largest absolute Gasteiger partial charge is 0.361 e. The number of ether oxygens (including phenoxy) is 2. The maximum atomic E-state index is 5.60. The van der Waals surface area contributed by atoms with Gasteiger partial charge in [0, 0.05) is 11.3 Å². The summed E-state index contributed by atoms with van der Waals surface area (Å²) in [4.78, 5) is 4.70. The molecule has 78 valence electrons. The lowest BCUT2D eigenvalue weighted by molar-refractivity contribution is 0.303. The summed E-state index contributed by atoms with van der Waals surface area (Å²) in [5, 5.41) is 0. The van der Waals surface area contributed by atoms with E-state index in [4.69, 9.17) is 14.5 Å². The van der Waals surface area contributed by atoms with Crippen molar-refractivity contribution in [2.45, 2.75) is 44.2 Å². The zero-order chi connectivity index (χ0) is 9.99. The van der Waals surface area contributed by atoms with E-state index in [0.717, 1.165) is 18.5 Å². The van der Waals surface area contributed by atoms with Crippen LogP contribution in [0.2, 0.25) is 0 Å². The Kier molecular flexibility index (Phi) is 1.43. The molecule has 1 aliphatic carbocycles. The molecule has 2 saturated heterocycles. The fourth-order valence-corrected chi connectivity index (χ4v) is 2.61. The van der Waals surface area contributed by atoms with Crippen molar-refractivity contribution in [1.82, 2.24) is 4.98 Å². The zero-order valence-electron chi connectivity index (χ0n) is 8.64. The van der Waals surface area contributed by atoms with E-state index in [-0.39, 0.29) is 12.2 Å². The van der Waals surface area contributed by atoms with Gasteiger partial charge in [0.05, 0.1) is 5.69 Å². The maximum Gasteiger partial charge on any atom is 0.129 e. The Bertz CT molecular complexity index is 432. The third kappa shape index (κ3) is 1.05. The second kappa shape index (κ2) is 2.60. The molecule has 0 radical (unpaired) electrons. The maximum absolute atomic E-state index is 5.60. The number of aromatic nitrogens is 1. The third-order valence-corrected chi connectivity index (χ3v) is 3.47. The van der Waals surface area contributed by atoms with Crippen molar-refractivity contribution in [3.05, 3.63) is 29.1 Å². The standard InChI is InChI=1S/C12H13NO2/c1-2-3-6-4-5-7-8(13-6)10-12(15-10)11-9(7)14-11/h4-5,9-12H,2-3H2,1H3. The van der Waals surface area contributed by atoms with Gasteiger partial charge < -0.3 is 9.47 Å². The molecule has 0 aromatic carbocycles. The van der Waals surface area contributed by atoms with Gasteiger partial charge >= 0.3 is 0 Å². The van der Waals surface area contributed by atoms with Gasteiger partial charge in [-0.15, -0.1) is 0 Å². The first-order valence-electron chi connectivity index (χ1n) is 5.69. The average Bonchev–Trinajstić information content (AvgIpc) is 3.11. The topological polar surface area (TPSA) is 38.0 Å². The van der Waals surface area contributed by atoms with Crippen molar-refractivity contribution in [2.24, 2.45) is 0 Å². The summed E-state index contributed by atoms with van der Waals surface area (Å²) >= 11 is 0. The van der Waals surface area contributed by atoms with E-state index in [2.05, 4.69) is 19.1 Å². The number of hydrogen-bond donors (Lipinski definition) is 0. The minimum absolute atomic E-state index is 0.237. The van der Waals surface area contributed by atoms with E-state index in [9.17, 15) is 0 Å². The molecule has 3 heteroatoms. The number of pyridine rings is 1. The van der Waals surface area contributed by atoms with E-state index in [1.54, 1.807) is 0 Å². The highest BCUT2D eigenvalue weighted by Gasteiger charge is 2.64. The fourth-order valence-electron chi connectivity index (χ4n) is 2.61. The van der Waals surface area contributed by atoms with Gasteiger partial charge in [0.15, 0.2) is 0 Å². The molecular formula is C12H13NO2. The number of aryl methyl sites for hydroxylation is 1. The summed E-state index contributed by atoms with van der Waals surface area (Å²) in [5.41, 5.74) is 3.59. The van der Waals surface area contributed by atoms with Crippen molar-refractivity contribution in [2.75, 3.05) is 0 Å². The quantitative estimate of drug-likeness (QED) is 0.689. The number of nitrogens with zero attached hydrogens (tertiary/aromatic N) is 1.